The lowest BCUT2D eigenvalue weighted by Crippen LogP contribution is -2.28. The smallest absolute Gasteiger partial charge is 0.310 e. The molecule has 7 nitrogen and oxygen atoms in total. The Kier molecular flexibility index (Phi) is 3.96. The van der Waals surface area contributed by atoms with E-state index in [1.165, 1.54) is 4.57 Å². The molecule has 0 unspecified atom stereocenters. The number of benzene rings is 1. The summed E-state index contributed by atoms with van der Waals surface area (Å²) in [5, 5.41) is 0.647. The molecule has 0 aliphatic rings. The largest absolute Gasteiger partial charge is 0.329 e. The van der Waals surface area contributed by atoms with Gasteiger partial charge in [-0.1, -0.05) is 37.1 Å². The number of rotatable bonds is 4. The summed E-state index contributed by atoms with van der Waals surface area (Å²) in [5.74, 6) is 0.634. The van der Waals surface area contributed by atoms with Gasteiger partial charge in [0, 0.05) is 30.4 Å². The molecule has 3 heterocycles. The molecule has 0 radical (unpaired) electrons. The monoisotopic (exact) mass is 371 g/mol. The van der Waals surface area contributed by atoms with Crippen molar-refractivity contribution in [2.24, 2.45) is 7.05 Å². The van der Waals surface area contributed by atoms with Gasteiger partial charge in [-0.15, -0.1) is 0 Å². The highest BCUT2D eigenvalue weighted by atomic mass is 35.5. The van der Waals surface area contributed by atoms with Crippen molar-refractivity contribution >= 4 is 28.5 Å². The maximum Gasteiger partial charge on any atom is 0.329 e. The second-order valence-electron chi connectivity index (χ2n) is 6.30. The van der Waals surface area contributed by atoms with Gasteiger partial charge in [0.1, 0.15) is 0 Å². The summed E-state index contributed by atoms with van der Waals surface area (Å²) >= 11 is 6.16. The van der Waals surface area contributed by atoms with Crippen LogP contribution in [0, 0.1) is 0 Å². The van der Waals surface area contributed by atoms with E-state index in [9.17, 15) is 9.59 Å². The number of halogens is 1. The van der Waals surface area contributed by atoms with E-state index in [2.05, 4.69) is 21.5 Å². The second kappa shape index (κ2) is 6.17. The van der Waals surface area contributed by atoms with Gasteiger partial charge < -0.3 is 4.57 Å². The summed E-state index contributed by atoms with van der Waals surface area (Å²) in [6, 6.07) is 7.59. The zero-order valence-corrected chi connectivity index (χ0v) is 15.2. The summed E-state index contributed by atoms with van der Waals surface area (Å²) in [7, 11) is 1.60. The molecule has 134 valence electrons. The highest BCUT2D eigenvalue weighted by Gasteiger charge is 2.19. The lowest BCUT2D eigenvalue weighted by atomic mass is 10.1. The van der Waals surface area contributed by atoms with Gasteiger partial charge in [0.2, 0.25) is 5.78 Å². The number of hydrogen-bond donors (Lipinski definition) is 1. The Morgan fingerprint density at radius 1 is 1.27 bits per heavy atom. The molecular formula is C18H18ClN5O2. The number of nitrogens with one attached hydrogen (secondary N) is 1. The van der Waals surface area contributed by atoms with Crippen LogP contribution >= 0.6 is 11.6 Å². The van der Waals surface area contributed by atoms with E-state index in [-0.39, 0.29) is 0 Å². The van der Waals surface area contributed by atoms with Crippen LogP contribution in [0.3, 0.4) is 0 Å². The number of unbranched alkanes of at least 4 members (excludes halogenated alkanes) is 1. The Morgan fingerprint density at radius 2 is 2.08 bits per heavy atom. The van der Waals surface area contributed by atoms with E-state index in [4.69, 9.17) is 11.6 Å². The highest BCUT2D eigenvalue weighted by molar-refractivity contribution is 6.30. The second-order valence-corrected chi connectivity index (χ2v) is 6.74. The molecule has 4 rings (SSSR count). The van der Waals surface area contributed by atoms with Gasteiger partial charge in [-0.05, 0) is 18.6 Å². The van der Waals surface area contributed by atoms with E-state index in [1.54, 1.807) is 11.4 Å². The molecule has 0 saturated heterocycles. The topological polar surface area (TPSA) is 77.1 Å². The fourth-order valence-electron chi connectivity index (χ4n) is 3.22. The Bertz CT molecular complexity index is 1240. The van der Waals surface area contributed by atoms with Gasteiger partial charge in [0.25, 0.3) is 5.56 Å². The first kappa shape index (κ1) is 16.7. The van der Waals surface area contributed by atoms with E-state index in [0.717, 1.165) is 30.6 Å². The van der Waals surface area contributed by atoms with Gasteiger partial charge in [-0.2, -0.15) is 4.98 Å². The van der Waals surface area contributed by atoms with Crippen molar-refractivity contribution in [3.63, 3.8) is 0 Å². The van der Waals surface area contributed by atoms with Crippen molar-refractivity contribution in [3.8, 4) is 11.3 Å². The molecule has 1 N–H and O–H groups in total. The van der Waals surface area contributed by atoms with Crippen LogP contribution in [0.2, 0.25) is 5.02 Å². The average Bonchev–Trinajstić information content (AvgIpc) is 3.14. The minimum absolute atomic E-state index is 0.362. The van der Waals surface area contributed by atoms with Crippen molar-refractivity contribution < 1.29 is 0 Å². The lowest BCUT2D eigenvalue weighted by molar-refractivity contribution is 0.648. The third kappa shape index (κ3) is 2.47. The van der Waals surface area contributed by atoms with Crippen LogP contribution < -0.4 is 11.2 Å². The van der Waals surface area contributed by atoms with Gasteiger partial charge in [0.15, 0.2) is 11.2 Å². The molecule has 4 aromatic rings. The van der Waals surface area contributed by atoms with E-state index >= 15 is 0 Å². The summed E-state index contributed by atoms with van der Waals surface area (Å²) in [6.45, 7) is 2.88. The number of aromatic nitrogens is 5. The van der Waals surface area contributed by atoms with Crippen LogP contribution in [0.4, 0.5) is 0 Å². The number of aryl methyl sites for hydroxylation is 2. The van der Waals surface area contributed by atoms with Crippen molar-refractivity contribution in [1.82, 2.24) is 23.5 Å². The third-order valence-electron chi connectivity index (χ3n) is 4.57. The van der Waals surface area contributed by atoms with Crippen molar-refractivity contribution in [2.75, 3.05) is 0 Å². The lowest BCUT2D eigenvalue weighted by Gasteiger charge is -2.08. The minimum atomic E-state index is -0.474. The van der Waals surface area contributed by atoms with Crippen LogP contribution in [0.15, 0.2) is 40.1 Å². The first-order chi connectivity index (χ1) is 12.5. The third-order valence-corrected chi connectivity index (χ3v) is 4.81. The van der Waals surface area contributed by atoms with Crippen LogP contribution in [-0.2, 0) is 13.6 Å². The average molecular weight is 372 g/mol. The molecule has 0 saturated carbocycles. The molecule has 0 fully saturated rings. The van der Waals surface area contributed by atoms with Gasteiger partial charge in [-0.3, -0.25) is 18.7 Å². The Morgan fingerprint density at radius 3 is 2.81 bits per heavy atom. The van der Waals surface area contributed by atoms with Crippen LogP contribution in [0.5, 0.6) is 0 Å². The molecule has 0 aliphatic carbocycles. The maximum absolute atomic E-state index is 12.4. The normalized spacial score (nSPS) is 11.7. The summed E-state index contributed by atoms with van der Waals surface area (Å²) in [5.41, 5.74) is 1.70. The quantitative estimate of drug-likeness (QED) is 0.599. The Balaban J connectivity index is 2.09. The molecule has 8 heteroatoms. The molecule has 0 aliphatic heterocycles. The van der Waals surface area contributed by atoms with Gasteiger partial charge >= 0.3 is 5.69 Å². The zero-order valence-electron chi connectivity index (χ0n) is 14.5. The van der Waals surface area contributed by atoms with Crippen molar-refractivity contribution in [1.29, 1.82) is 0 Å². The molecule has 0 atom stereocenters. The number of hydrogen-bond acceptors (Lipinski definition) is 3. The maximum atomic E-state index is 12.4. The summed E-state index contributed by atoms with van der Waals surface area (Å²) in [6.07, 6.45) is 3.88. The predicted octanol–water partition coefficient (Wildman–Crippen LogP) is 2.80. The van der Waals surface area contributed by atoms with Crippen LogP contribution in [0.25, 0.3) is 28.2 Å². The van der Waals surface area contributed by atoms with Gasteiger partial charge in [-0.25, -0.2) is 4.79 Å². The molecule has 1 aromatic carbocycles. The van der Waals surface area contributed by atoms with Crippen LogP contribution in [0.1, 0.15) is 19.8 Å². The number of nitrogens with zero attached hydrogens (tertiary/aromatic N) is 4. The Labute approximate surface area is 153 Å². The molecule has 0 spiro atoms. The van der Waals surface area contributed by atoms with Crippen molar-refractivity contribution in [3.05, 3.63) is 56.3 Å². The summed E-state index contributed by atoms with van der Waals surface area (Å²) in [4.78, 5) is 31.2. The first-order valence-electron chi connectivity index (χ1n) is 8.47. The van der Waals surface area contributed by atoms with Gasteiger partial charge in [0.05, 0.1) is 5.69 Å². The number of H-pyrrole nitrogens is 1. The number of fused-ring (bicyclic) bond motifs is 3. The molecule has 3 aromatic heterocycles. The molecule has 26 heavy (non-hydrogen) atoms. The van der Waals surface area contributed by atoms with Crippen LogP contribution in [-0.4, -0.2) is 23.5 Å². The molecule has 0 amide bonds. The summed E-state index contributed by atoms with van der Waals surface area (Å²) < 4.78 is 5.17. The fraction of sp³-hybridized carbons (Fsp3) is 0.278. The first-order valence-corrected chi connectivity index (χ1v) is 8.85. The number of aromatic amines is 1. The van der Waals surface area contributed by atoms with Crippen molar-refractivity contribution in [2.45, 2.75) is 26.3 Å². The Hall–Kier alpha value is -2.80. The highest BCUT2D eigenvalue weighted by Crippen LogP contribution is 2.27. The van der Waals surface area contributed by atoms with E-state index in [0.29, 0.717) is 22.0 Å². The minimum Gasteiger partial charge on any atom is -0.310 e. The van der Waals surface area contributed by atoms with E-state index < -0.39 is 11.2 Å². The SMILES string of the molecule is CCCCn1c(-c2cccc(Cl)c2)cn2c3c(=O)[nH]c(=O)n(C)c3nc12. The van der Waals surface area contributed by atoms with E-state index in [1.807, 2.05) is 30.5 Å². The standard InChI is InChI=1S/C18H18ClN5O2/c1-3-4-8-23-13(11-6-5-7-12(19)9-11)10-24-14-15(20-17(23)24)22(2)18(26)21-16(14)25/h5-7,9-10H,3-4,8H2,1-2H3,(H,21,25,26). The number of imidazole rings is 2. The zero-order chi connectivity index (χ0) is 18.4. The molecule has 0 bridgehead atoms. The molecular weight excluding hydrogens is 354 g/mol. The fourth-order valence-corrected chi connectivity index (χ4v) is 3.41. The predicted molar refractivity (Wildman–Crippen MR) is 102 cm³/mol.